The molecule has 0 aliphatic carbocycles. The van der Waals surface area contributed by atoms with Gasteiger partial charge in [-0.2, -0.15) is 0 Å². The molecular formula is C15H23NO3. The number of rotatable bonds is 9. The summed E-state index contributed by atoms with van der Waals surface area (Å²) >= 11 is 0. The molecule has 4 heteroatoms. The maximum absolute atomic E-state index is 11.6. The average Bonchev–Trinajstić information content (AvgIpc) is 2.43. The molecule has 0 spiro atoms. The highest BCUT2D eigenvalue weighted by Gasteiger charge is 2.06. The molecule has 1 rings (SSSR count). The van der Waals surface area contributed by atoms with Gasteiger partial charge < -0.3 is 15.2 Å². The van der Waals surface area contributed by atoms with Gasteiger partial charge in [-0.15, -0.1) is 0 Å². The van der Waals surface area contributed by atoms with Gasteiger partial charge in [0.15, 0.2) is 0 Å². The Morgan fingerprint density at radius 1 is 1.26 bits per heavy atom. The second kappa shape index (κ2) is 9.53. The van der Waals surface area contributed by atoms with Crippen LogP contribution in [0.4, 0.5) is 0 Å². The number of ether oxygens (including phenoxy) is 2. The first-order valence-corrected chi connectivity index (χ1v) is 6.81. The molecule has 0 saturated heterocycles. The maximum atomic E-state index is 11.6. The Morgan fingerprint density at radius 3 is 2.84 bits per heavy atom. The Balaban J connectivity index is 2.34. The van der Waals surface area contributed by atoms with E-state index in [2.05, 4.69) is 0 Å². The quantitative estimate of drug-likeness (QED) is 0.550. The molecule has 0 aromatic heterocycles. The van der Waals surface area contributed by atoms with E-state index in [1.165, 1.54) is 0 Å². The van der Waals surface area contributed by atoms with E-state index in [1.54, 1.807) is 13.0 Å². The zero-order chi connectivity index (χ0) is 13.9. The molecule has 0 aliphatic rings. The van der Waals surface area contributed by atoms with Gasteiger partial charge in [-0.25, -0.2) is 4.79 Å². The Kier molecular flexibility index (Phi) is 7.86. The van der Waals surface area contributed by atoms with Crippen LogP contribution in [0.25, 0.3) is 0 Å². The normalized spacial score (nSPS) is 10.4. The molecule has 106 valence electrons. The molecule has 0 heterocycles. The summed E-state index contributed by atoms with van der Waals surface area (Å²) in [6.45, 7) is 4.17. The summed E-state index contributed by atoms with van der Waals surface area (Å²) in [7, 11) is 0. The van der Waals surface area contributed by atoms with Crippen LogP contribution in [-0.4, -0.2) is 25.7 Å². The number of carbonyl (C=O) groups excluding carboxylic acids is 1. The minimum Gasteiger partial charge on any atom is -0.462 e. The van der Waals surface area contributed by atoms with Crippen molar-refractivity contribution in [1.29, 1.82) is 0 Å². The van der Waals surface area contributed by atoms with Crippen molar-refractivity contribution >= 4 is 5.97 Å². The monoisotopic (exact) mass is 265 g/mol. The summed E-state index contributed by atoms with van der Waals surface area (Å²) in [4.78, 5) is 11.6. The van der Waals surface area contributed by atoms with Gasteiger partial charge in [0.1, 0.15) is 0 Å². The van der Waals surface area contributed by atoms with Crippen LogP contribution in [0.1, 0.15) is 42.1 Å². The zero-order valence-corrected chi connectivity index (χ0v) is 11.6. The van der Waals surface area contributed by atoms with Crippen molar-refractivity contribution in [1.82, 2.24) is 0 Å². The first kappa shape index (κ1) is 15.7. The third kappa shape index (κ3) is 6.36. The number of benzene rings is 1. The predicted molar refractivity (Wildman–Crippen MR) is 75.0 cm³/mol. The second-order valence-electron chi connectivity index (χ2n) is 4.32. The third-order valence-electron chi connectivity index (χ3n) is 2.70. The molecule has 4 nitrogen and oxygen atoms in total. The van der Waals surface area contributed by atoms with Crippen LogP contribution in [0.2, 0.25) is 0 Å². The van der Waals surface area contributed by atoms with Gasteiger partial charge in [0.05, 0.1) is 18.8 Å². The number of nitrogens with two attached hydrogens (primary N) is 1. The highest BCUT2D eigenvalue weighted by atomic mass is 16.5. The lowest BCUT2D eigenvalue weighted by atomic mass is 10.1. The van der Waals surface area contributed by atoms with E-state index in [1.807, 2.05) is 18.2 Å². The summed E-state index contributed by atoms with van der Waals surface area (Å²) in [5.74, 6) is -0.285. The Hall–Kier alpha value is -1.39. The van der Waals surface area contributed by atoms with E-state index in [0.717, 1.165) is 38.0 Å². The van der Waals surface area contributed by atoms with Crippen LogP contribution < -0.4 is 5.73 Å². The lowest BCUT2D eigenvalue weighted by Gasteiger charge is -2.06. The van der Waals surface area contributed by atoms with Crippen molar-refractivity contribution in [2.24, 2.45) is 5.73 Å². The van der Waals surface area contributed by atoms with Gasteiger partial charge in [0.2, 0.25) is 0 Å². The highest BCUT2D eigenvalue weighted by molar-refractivity contribution is 5.89. The molecule has 0 saturated carbocycles. The molecule has 19 heavy (non-hydrogen) atoms. The standard InChI is InChI=1S/C15H23NO3/c1-2-19-15(17)14-8-6-7-13(11-14)12-18-10-5-3-4-9-16/h6-8,11H,2-5,9-10,12,16H2,1H3. The molecule has 0 amide bonds. The molecule has 0 fully saturated rings. The minimum atomic E-state index is -0.285. The van der Waals surface area contributed by atoms with E-state index in [9.17, 15) is 4.79 Å². The first-order chi connectivity index (χ1) is 9.27. The van der Waals surface area contributed by atoms with Gasteiger partial charge in [-0.05, 0) is 50.4 Å². The number of esters is 1. The molecule has 0 radical (unpaired) electrons. The van der Waals surface area contributed by atoms with Crippen LogP contribution >= 0.6 is 0 Å². The number of unbranched alkanes of at least 4 members (excludes halogenated alkanes) is 2. The van der Waals surface area contributed by atoms with Crippen LogP contribution in [0, 0.1) is 0 Å². The van der Waals surface area contributed by atoms with E-state index < -0.39 is 0 Å². The summed E-state index contributed by atoms with van der Waals surface area (Å²) < 4.78 is 10.5. The predicted octanol–water partition coefficient (Wildman–Crippen LogP) is 2.51. The van der Waals surface area contributed by atoms with Crippen molar-refractivity contribution < 1.29 is 14.3 Å². The summed E-state index contributed by atoms with van der Waals surface area (Å²) in [6.07, 6.45) is 3.16. The van der Waals surface area contributed by atoms with Crippen molar-refractivity contribution in [3.8, 4) is 0 Å². The minimum absolute atomic E-state index is 0.285. The first-order valence-electron chi connectivity index (χ1n) is 6.81. The zero-order valence-electron chi connectivity index (χ0n) is 11.6. The molecule has 0 aliphatic heterocycles. The summed E-state index contributed by atoms with van der Waals surface area (Å²) in [5, 5.41) is 0. The van der Waals surface area contributed by atoms with Gasteiger partial charge in [-0.3, -0.25) is 0 Å². The van der Waals surface area contributed by atoms with Crippen LogP contribution in [0.5, 0.6) is 0 Å². The van der Waals surface area contributed by atoms with E-state index in [-0.39, 0.29) is 5.97 Å². The molecule has 1 aromatic rings. The summed E-state index contributed by atoms with van der Waals surface area (Å²) in [6, 6.07) is 7.36. The fourth-order valence-corrected chi connectivity index (χ4v) is 1.72. The Labute approximate surface area is 114 Å². The molecule has 0 bridgehead atoms. The van der Waals surface area contributed by atoms with Crippen molar-refractivity contribution in [3.05, 3.63) is 35.4 Å². The number of hydrogen-bond acceptors (Lipinski definition) is 4. The topological polar surface area (TPSA) is 61.5 Å². The van der Waals surface area contributed by atoms with E-state index in [4.69, 9.17) is 15.2 Å². The van der Waals surface area contributed by atoms with Gasteiger partial charge in [0, 0.05) is 6.61 Å². The fourth-order valence-electron chi connectivity index (χ4n) is 1.72. The largest absolute Gasteiger partial charge is 0.462 e. The smallest absolute Gasteiger partial charge is 0.338 e. The van der Waals surface area contributed by atoms with Crippen molar-refractivity contribution in [2.45, 2.75) is 32.8 Å². The Bertz CT molecular complexity index is 379. The van der Waals surface area contributed by atoms with Gasteiger partial charge >= 0.3 is 5.97 Å². The number of carbonyl (C=O) groups is 1. The maximum Gasteiger partial charge on any atom is 0.338 e. The van der Waals surface area contributed by atoms with Crippen molar-refractivity contribution in [2.75, 3.05) is 19.8 Å². The molecular weight excluding hydrogens is 242 g/mol. The fraction of sp³-hybridized carbons (Fsp3) is 0.533. The van der Waals surface area contributed by atoms with Crippen molar-refractivity contribution in [3.63, 3.8) is 0 Å². The molecule has 0 atom stereocenters. The van der Waals surface area contributed by atoms with Crippen LogP contribution in [-0.2, 0) is 16.1 Å². The molecule has 1 aromatic carbocycles. The molecule has 2 N–H and O–H groups in total. The van der Waals surface area contributed by atoms with E-state index >= 15 is 0 Å². The van der Waals surface area contributed by atoms with Crippen LogP contribution in [0.15, 0.2) is 24.3 Å². The van der Waals surface area contributed by atoms with E-state index in [0.29, 0.717) is 18.8 Å². The lowest BCUT2D eigenvalue weighted by Crippen LogP contribution is -2.05. The van der Waals surface area contributed by atoms with Crippen LogP contribution in [0.3, 0.4) is 0 Å². The van der Waals surface area contributed by atoms with Gasteiger partial charge in [0.25, 0.3) is 0 Å². The highest BCUT2D eigenvalue weighted by Crippen LogP contribution is 2.08. The SMILES string of the molecule is CCOC(=O)c1cccc(COCCCCCN)c1. The Morgan fingerprint density at radius 2 is 2.11 bits per heavy atom. The summed E-state index contributed by atoms with van der Waals surface area (Å²) in [5.41, 5.74) is 6.98. The lowest BCUT2D eigenvalue weighted by molar-refractivity contribution is 0.0526. The van der Waals surface area contributed by atoms with Gasteiger partial charge in [-0.1, -0.05) is 12.1 Å². The average molecular weight is 265 g/mol. The third-order valence-corrected chi connectivity index (χ3v) is 2.70. The molecule has 0 unspecified atom stereocenters. The second-order valence-corrected chi connectivity index (χ2v) is 4.32. The number of hydrogen-bond donors (Lipinski definition) is 1.